The molecule has 1 N–H and O–H groups in total. The molecule has 4 heteroatoms. The van der Waals surface area contributed by atoms with E-state index < -0.39 is 11.8 Å². The van der Waals surface area contributed by atoms with Gasteiger partial charge in [0, 0.05) is 18.1 Å². The zero-order valence-electron chi connectivity index (χ0n) is 7.70. The van der Waals surface area contributed by atoms with Crippen LogP contribution in [0.3, 0.4) is 0 Å². The first-order valence-corrected chi connectivity index (χ1v) is 3.95. The second-order valence-electron chi connectivity index (χ2n) is 2.86. The lowest BCUT2D eigenvalue weighted by molar-refractivity contribution is -0.132. The third-order valence-electron chi connectivity index (χ3n) is 1.70. The van der Waals surface area contributed by atoms with Crippen molar-refractivity contribution in [2.75, 3.05) is 0 Å². The van der Waals surface area contributed by atoms with Crippen molar-refractivity contribution >= 4 is 5.97 Å². The van der Waals surface area contributed by atoms with Crippen molar-refractivity contribution in [3.8, 4) is 0 Å². The largest absolute Gasteiger partial charge is 0.478 e. The standard InChI is InChI=1S/C10H10FNO2/c1-7(10(13)14)5-12-6-9(11)4-3-8(12)2/h3-6H,2H2,1H3,(H,13,14)/b7-5+. The molecule has 0 unspecified atom stereocenters. The molecule has 0 amide bonds. The molecule has 0 aliphatic carbocycles. The quantitative estimate of drug-likeness (QED) is 0.686. The summed E-state index contributed by atoms with van der Waals surface area (Å²) in [6.07, 6.45) is 5.23. The van der Waals surface area contributed by atoms with Gasteiger partial charge in [-0.15, -0.1) is 0 Å². The van der Waals surface area contributed by atoms with Gasteiger partial charge >= 0.3 is 5.97 Å². The third-order valence-corrected chi connectivity index (χ3v) is 1.70. The van der Waals surface area contributed by atoms with Crippen molar-refractivity contribution in [2.45, 2.75) is 6.92 Å². The third kappa shape index (κ3) is 2.32. The SMILES string of the molecule is C=C1C=CC(F)=CN1/C=C(\C)C(=O)O. The van der Waals surface area contributed by atoms with Gasteiger partial charge < -0.3 is 10.0 Å². The number of halogens is 1. The minimum Gasteiger partial charge on any atom is -0.478 e. The maximum absolute atomic E-state index is 12.8. The van der Waals surface area contributed by atoms with Gasteiger partial charge in [0.15, 0.2) is 0 Å². The Morgan fingerprint density at radius 3 is 2.86 bits per heavy atom. The summed E-state index contributed by atoms with van der Waals surface area (Å²) >= 11 is 0. The van der Waals surface area contributed by atoms with Crippen molar-refractivity contribution in [3.05, 3.63) is 48.2 Å². The van der Waals surface area contributed by atoms with Crippen LogP contribution in [0.5, 0.6) is 0 Å². The molecule has 0 spiro atoms. The van der Waals surface area contributed by atoms with Crippen LogP contribution >= 0.6 is 0 Å². The molecule has 0 saturated carbocycles. The molecule has 0 bridgehead atoms. The second-order valence-corrected chi connectivity index (χ2v) is 2.86. The van der Waals surface area contributed by atoms with E-state index in [0.29, 0.717) is 5.70 Å². The van der Waals surface area contributed by atoms with Crippen LogP contribution in [0.2, 0.25) is 0 Å². The van der Waals surface area contributed by atoms with Crippen molar-refractivity contribution in [1.29, 1.82) is 0 Å². The first-order chi connectivity index (χ1) is 6.50. The van der Waals surface area contributed by atoms with Crippen LogP contribution in [0.1, 0.15) is 6.92 Å². The van der Waals surface area contributed by atoms with Gasteiger partial charge in [0.2, 0.25) is 0 Å². The molecule has 0 aromatic heterocycles. The second kappa shape index (κ2) is 3.91. The van der Waals surface area contributed by atoms with Gasteiger partial charge in [0.25, 0.3) is 0 Å². The summed E-state index contributed by atoms with van der Waals surface area (Å²) < 4.78 is 12.8. The van der Waals surface area contributed by atoms with Crippen molar-refractivity contribution in [1.82, 2.24) is 4.90 Å². The lowest BCUT2D eigenvalue weighted by atomic mass is 10.2. The highest BCUT2D eigenvalue weighted by Crippen LogP contribution is 2.17. The average Bonchev–Trinajstić information content (AvgIpc) is 2.11. The molecule has 0 aromatic rings. The molecule has 1 aliphatic rings. The van der Waals surface area contributed by atoms with Gasteiger partial charge in [-0.2, -0.15) is 0 Å². The topological polar surface area (TPSA) is 40.5 Å². The number of carboxylic acids is 1. The Bertz CT molecular complexity index is 366. The normalized spacial score (nSPS) is 17.0. The van der Waals surface area contributed by atoms with E-state index in [0.717, 1.165) is 0 Å². The lowest BCUT2D eigenvalue weighted by Crippen LogP contribution is -2.12. The van der Waals surface area contributed by atoms with E-state index in [1.165, 1.54) is 36.4 Å². The molecule has 0 atom stereocenters. The number of hydrogen-bond acceptors (Lipinski definition) is 2. The van der Waals surface area contributed by atoms with Crippen LogP contribution in [-0.2, 0) is 4.79 Å². The number of aliphatic carboxylic acids is 1. The maximum atomic E-state index is 12.8. The molecule has 1 rings (SSSR count). The Balaban J connectivity index is 2.90. The minimum atomic E-state index is -1.04. The van der Waals surface area contributed by atoms with Crippen LogP contribution in [0.15, 0.2) is 48.2 Å². The summed E-state index contributed by atoms with van der Waals surface area (Å²) in [4.78, 5) is 11.8. The Kier molecular flexibility index (Phi) is 2.86. The first kappa shape index (κ1) is 10.2. The van der Waals surface area contributed by atoms with E-state index in [-0.39, 0.29) is 5.57 Å². The number of allylic oxidation sites excluding steroid dienone is 3. The van der Waals surface area contributed by atoms with E-state index in [2.05, 4.69) is 6.58 Å². The fourth-order valence-corrected chi connectivity index (χ4v) is 0.905. The van der Waals surface area contributed by atoms with Gasteiger partial charge in [-0.05, 0) is 19.1 Å². The summed E-state index contributed by atoms with van der Waals surface area (Å²) in [5, 5.41) is 8.61. The van der Waals surface area contributed by atoms with Gasteiger partial charge in [0.05, 0.1) is 5.57 Å². The van der Waals surface area contributed by atoms with Crippen molar-refractivity contribution in [3.63, 3.8) is 0 Å². The number of carbonyl (C=O) groups is 1. The van der Waals surface area contributed by atoms with Crippen LogP contribution in [-0.4, -0.2) is 16.0 Å². The fourth-order valence-electron chi connectivity index (χ4n) is 0.905. The van der Waals surface area contributed by atoms with Crippen molar-refractivity contribution < 1.29 is 14.3 Å². The van der Waals surface area contributed by atoms with E-state index in [1.807, 2.05) is 0 Å². The monoisotopic (exact) mass is 195 g/mol. The van der Waals surface area contributed by atoms with Gasteiger partial charge in [0.1, 0.15) is 5.83 Å². The molecular weight excluding hydrogens is 185 g/mol. The minimum absolute atomic E-state index is 0.116. The highest BCUT2D eigenvalue weighted by Gasteiger charge is 2.08. The molecular formula is C10H10FNO2. The molecule has 74 valence electrons. The molecule has 1 heterocycles. The van der Waals surface area contributed by atoms with E-state index >= 15 is 0 Å². The molecule has 0 radical (unpaired) electrons. The summed E-state index contributed by atoms with van der Waals surface area (Å²) in [7, 11) is 0. The van der Waals surface area contributed by atoms with Gasteiger partial charge in [-0.25, -0.2) is 9.18 Å². The zero-order chi connectivity index (χ0) is 10.7. The van der Waals surface area contributed by atoms with E-state index in [1.54, 1.807) is 0 Å². The maximum Gasteiger partial charge on any atom is 0.332 e. The first-order valence-electron chi connectivity index (χ1n) is 3.95. The van der Waals surface area contributed by atoms with Crippen LogP contribution in [0.25, 0.3) is 0 Å². The predicted octanol–water partition coefficient (Wildman–Crippen LogP) is 2.17. The summed E-state index contributed by atoms with van der Waals surface area (Å²) in [5.74, 6) is -1.48. The predicted molar refractivity (Wildman–Crippen MR) is 50.7 cm³/mol. The van der Waals surface area contributed by atoms with Gasteiger partial charge in [-0.3, -0.25) is 0 Å². The summed E-state index contributed by atoms with van der Waals surface area (Å²) in [5.41, 5.74) is 0.637. The van der Waals surface area contributed by atoms with Crippen molar-refractivity contribution in [2.24, 2.45) is 0 Å². The Morgan fingerprint density at radius 1 is 1.64 bits per heavy atom. The molecule has 3 nitrogen and oxygen atoms in total. The lowest BCUT2D eigenvalue weighted by Gasteiger charge is -2.19. The Morgan fingerprint density at radius 2 is 2.29 bits per heavy atom. The molecule has 1 aliphatic heterocycles. The van der Waals surface area contributed by atoms with E-state index in [4.69, 9.17) is 5.11 Å². The Labute approximate surface area is 81.1 Å². The van der Waals surface area contributed by atoms with Gasteiger partial charge in [-0.1, -0.05) is 6.58 Å². The molecule has 0 fully saturated rings. The summed E-state index contributed by atoms with van der Waals surface area (Å²) in [6.45, 7) is 5.06. The highest BCUT2D eigenvalue weighted by atomic mass is 19.1. The fraction of sp³-hybridized carbons (Fsp3) is 0.100. The number of hydrogen-bond donors (Lipinski definition) is 1. The zero-order valence-corrected chi connectivity index (χ0v) is 7.70. The number of rotatable bonds is 2. The van der Waals surface area contributed by atoms with Crippen LogP contribution in [0.4, 0.5) is 4.39 Å². The smallest absolute Gasteiger partial charge is 0.332 e. The Hall–Kier alpha value is -1.84. The number of carboxylic acid groups (broad SMARTS) is 1. The molecule has 0 aromatic carbocycles. The molecule has 14 heavy (non-hydrogen) atoms. The average molecular weight is 195 g/mol. The number of nitrogens with zero attached hydrogens (tertiary/aromatic N) is 1. The van der Waals surface area contributed by atoms with Crippen LogP contribution < -0.4 is 0 Å². The highest BCUT2D eigenvalue weighted by molar-refractivity contribution is 5.85. The van der Waals surface area contributed by atoms with E-state index in [9.17, 15) is 9.18 Å². The molecule has 0 saturated heterocycles. The van der Waals surface area contributed by atoms with Crippen LogP contribution in [0, 0.1) is 0 Å². The summed E-state index contributed by atoms with van der Waals surface area (Å²) in [6, 6.07) is 0.